The van der Waals surface area contributed by atoms with E-state index in [9.17, 15) is 9.59 Å². The van der Waals surface area contributed by atoms with E-state index in [2.05, 4.69) is 5.43 Å². The first-order valence-electron chi connectivity index (χ1n) is 7.97. The van der Waals surface area contributed by atoms with Crippen LogP contribution in [-0.2, 0) is 9.59 Å². The lowest BCUT2D eigenvalue weighted by molar-refractivity contribution is -0.117. The lowest BCUT2D eigenvalue weighted by atomic mass is 10.1. The van der Waals surface area contributed by atoms with Gasteiger partial charge >= 0.3 is 0 Å². The van der Waals surface area contributed by atoms with Crippen LogP contribution in [0.2, 0.25) is 5.02 Å². The SMILES string of the molecule is CCOc1ccc(/C=C2/C(=O)NN(c3cccc(Cl)c3)C2=O)cc1OC. The van der Waals surface area contributed by atoms with Crippen LogP contribution in [0.4, 0.5) is 5.69 Å². The Balaban J connectivity index is 1.91. The van der Waals surface area contributed by atoms with Gasteiger partial charge in [-0.1, -0.05) is 23.7 Å². The van der Waals surface area contributed by atoms with Crippen molar-refractivity contribution in [1.29, 1.82) is 0 Å². The highest BCUT2D eigenvalue weighted by Gasteiger charge is 2.34. The second-order valence-electron chi connectivity index (χ2n) is 5.46. The zero-order valence-corrected chi connectivity index (χ0v) is 15.0. The fourth-order valence-corrected chi connectivity index (χ4v) is 2.75. The van der Waals surface area contributed by atoms with Gasteiger partial charge in [-0.2, -0.15) is 0 Å². The number of rotatable bonds is 5. The van der Waals surface area contributed by atoms with E-state index in [1.54, 1.807) is 42.5 Å². The average molecular weight is 373 g/mol. The normalized spacial score (nSPS) is 15.3. The number of hydrogen-bond acceptors (Lipinski definition) is 4. The molecule has 0 unspecified atom stereocenters. The minimum atomic E-state index is -0.483. The van der Waals surface area contributed by atoms with Gasteiger partial charge in [0.2, 0.25) is 0 Å². The van der Waals surface area contributed by atoms with Gasteiger partial charge in [0.05, 0.1) is 19.4 Å². The molecule has 0 saturated carbocycles. The molecule has 0 bridgehead atoms. The molecule has 1 aliphatic rings. The van der Waals surface area contributed by atoms with Crippen molar-refractivity contribution in [2.45, 2.75) is 6.92 Å². The van der Waals surface area contributed by atoms with Gasteiger partial charge in [0, 0.05) is 5.02 Å². The summed E-state index contributed by atoms with van der Waals surface area (Å²) in [4.78, 5) is 24.9. The van der Waals surface area contributed by atoms with Crippen molar-refractivity contribution >= 4 is 35.2 Å². The first-order valence-corrected chi connectivity index (χ1v) is 8.35. The lowest BCUT2D eigenvalue weighted by Crippen LogP contribution is -2.35. The van der Waals surface area contributed by atoms with Gasteiger partial charge in [-0.15, -0.1) is 0 Å². The quantitative estimate of drug-likeness (QED) is 0.646. The average Bonchev–Trinajstić information content (AvgIpc) is 2.91. The predicted molar refractivity (Wildman–Crippen MR) is 99.2 cm³/mol. The number of anilines is 1. The third-order valence-corrected chi connectivity index (χ3v) is 3.99. The Morgan fingerprint density at radius 2 is 1.96 bits per heavy atom. The smallest absolute Gasteiger partial charge is 0.282 e. The Morgan fingerprint density at radius 1 is 1.15 bits per heavy atom. The van der Waals surface area contributed by atoms with E-state index in [4.69, 9.17) is 21.1 Å². The fourth-order valence-electron chi connectivity index (χ4n) is 2.57. The fraction of sp³-hybridized carbons (Fsp3) is 0.158. The number of hydrogen-bond donors (Lipinski definition) is 1. The maximum atomic E-state index is 12.6. The zero-order valence-electron chi connectivity index (χ0n) is 14.3. The lowest BCUT2D eigenvalue weighted by Gasteiger charge is -2.14. The molecule has 1 saturated heterocycles. The van der Waals surface area contributed by atoms with Crippen LogP contribution in [-0.4, -0.2) is 25.5 Å². The van der Waals surface area contributed by atoms with E-state index in [1.165, 1.54) is 18.2 Å². The van der Waals surface area contributed by atoms with Crippen molar-refractivity contribution in [3.63, 3.8) is 0 Å². The number of nitrogens with one attached hydrogen (secondary N) is 1. The van der Waals surface area contributed by atoms with Gasteiger partial charge in [-0.25, -0.2) is 5.01 Å². The topological polar surface area (TPSA) is 67.9 Å². The van der Waals surface area contributed by atoms with Gasteiger partial charge < -0.3 is 9.47 Å². The van der Waals surface area contributed by atoms with Crippen molar-refractivity contribution in [2.24, 2.45) is 0 Å². The maximum Gasteiger partial charge on any atom is 0.282 e. The molecule has 1 fully saturated rings. The van der Waals surface area contributed by atoms with Crippen molar-refractivity contribution in [1.82, 2.24) is 5.43 Å². The van der Waals surface area contributed by atoms with Crippen molar-refractivity contribution in [3.05, 3.63) is 58.6 Å². The summed E-state index contributed by atoms with van der Waals surface area (Å²) in [5.74, 6) is 0.187. The molecule has 6 nitrogen and oxygen atoms in total. The number of benzene rings is 2. The van der Waals surface area contributed by atoms with Gasteiger partial charge in [0.15, 0.2) is 11.5 Å². The third kappa shape index (κ3) is 3.50. The van der Waals surface area contributed by atoms with Crippen LogP contribution in [0.25, 0.3) is 6.08 Å². The Morgan fingerprint density at radius 3 is 2.65 bits per heavy atom. The zero-order chi connectivity index (χ0) is 18.7. The molecular weight excluding hydrogens is 356 g/mol. The third-order valence-electron chi connectivity index (χ3n) is 3.76. The number of amides is 2. The predicted octanol–water partition coefficient (Wildman–Crippen LogP) is 3.21. The molecule has 134 valence electrons. The van der Waals surface area contributed by atoms with Gasteiger partial charge in [-0.05, 0) is 48.9 Å². The van der Waals surface area contributed by atoms with Crippen molar-refractivity contribution in [3.8, 4) is 11.5 Å². The molecule has 0 aromatic heterocycles. The van der Waals surface area contributed by atoms with Crippen LogP contribution < -0.4 is 19.9 Å². The summed E-state index contributed by atoms with van der Waals surface area (Å²) < 4.78 is 10.8. The molecule has 1 aliphatic heterocycles. The van der Waals surface area contributed by atoms with E-state index >= 15 is 0 Å². The molecule has 0 atom stereocenters. The summed E-state index contributed by atoms with van der Waals surface area (Å²) >= 11 is 5.96. The second-order valence-corrected chi connectivity index (χ2v) is 5.90. The molecule has 7 heteroatoms. The molecule has 0 aliphatic carbocycles. The first-order chi connectivity index (χ1) is 12.5. The summed E-state index contributed by atoms with van der Waals surface area (Å²) in [7, 11) is 1.53. The molecule has 1 heterocycles. The molecular formula is C19H17ClN2O4. The molecule has 2 aromatic carbocycles. The monoisotopic (exact) mass is 372 g/mol. The Hall–Kier alpha value is -2.99. The molecule has 26 heavy (non-hydrogen) atoms. The Labute approximate surface area is 155 Å². The van der Waals surface area contributed by atoms with E-state index in [0.29, 0.717) is 34.4 Å². The highest BCUT2D eigenvalue weighted by Crippen LogP contribution is 2.30. The number of halogens is 1. The van der Waals surface area contributed by atoms with Gasteiger partial charge in [0.1, 0.15) is 5.57 Å². The second kappa shape index (κ2) is 7.49. The van der Waals surface area contributed by atoms with Gasteiger partial charge in [0.25, 0.3) is 11.8 Å². The number of carbonyl (C=O) groups is 2. The number of ether oxygens (including phenoxy) is 2. The first kappa shape index (κ1) is 17.8. The highest BCUT2D eigenvalue weighted by molar-refractivity contribution is 6.33. The summed E-state index contributed by atoms with van der Waals surface area (Å²) in [5.41, 5.74) is 3.70. The van der Waals surface area contributed by atoms with Crippen LogP contribution in [0, 0.1) is 0 Å². The summed E-state index contributed by atoms with van der Waals surface area (Å²) in [6.45, 7) is 2.38. The Bertz CT molecular complexity index is 895. The van der Waals surface area contributed by atoms with E-state index < -0.39 is 11.8 Å². The molecule has 0 spiro atoms. The molecule has 2 aromatic rings. The summed E-state index contributed by atoms with van der Waals surface area (Å²) in [5, 5.41) is 1.64. The number of nitrogens with zero attached hydrogens (tertiary/aromatic N) is 1. The molecule has 3 rings (SSSR count). The summed E-state index contributed by atoms with van der Waals surface area (Å²) in [6, 6.07) is 11.9. The van der Waals surface area contributed by atoms with Crippen molar-refractivity contribution < 1.29 is 19.1 Å². The number of methoxy groups -OCH3 is 1. The number of carbonyl (C=O) groups excluding carboxylic acids is 2. The van der Waals surface area contributed by atoms with Crippen molar-refractivity contribution in [2.75, 3.05) is 18.7 Å². The largest absolute Gasteiger partial charge is 0.493 e. The van der Waals surface area contributed by atoms with E-state index in [0.717, 1.165) is 0 Å². The molecule has 2 amide bonds. The maximum absolute atomic E-state index is 12.6. The van der Waals surface area contributed by atoms with Crippen LogP contribution in [0.15, 0.2) is 48.0 Å². The highest BCUT2D eigenvalue weighted by atomic mass is 35.5. The molecule has 0 radical (unpaired) electrons. The van der Waals surface area contributed by atoms with Gasteiger partial charge in [-0.3, -0.25) is 15.0 Å². The minimum Gasteiger partial charge on any atom is -0.493 e. The van der Waals surface area contributed by atoms with Crippen LogP contribution in [0.5, 0.6) is 11.5 Å². The van der Waals surface area contributed by atoms with E-state index in [1.807, 2.05) is 6.92 Å². The van der Waals surface area contributed by atoms with Crippen LogP contribution in [0.3, 0.4) is 0 Å². The van der Waals surface area contributed by atoms with Crippen LogP contribution >= 0.6 is 11.6 Å². The summed E-state index contributed by atoms with van der Waals surface area (Å²) in [6.07, 6.45) is 1.51. The standard InChI is InChI=1S/C19H17ClN2O4/c1-3-26-16-8-7-12(10-17(16)25-2)9-15-18(23)21-22(19(15)24)14-6-4-5-13(20)11-14/h4-11H,3H2,1-2H3,(H,21,23)/b15-9-. The van der Waals surface area contributed by atoms with E-state index in [-0.39, 0.29) is 5.57 Å². The number of hydrazine groups is 1. The van der Waals surface area contributed by atoms with Crippen LogP contribution in [0.1, 0.15) is 12.5 Å². The minimum absolute atomic E-state index is 0.0242. The molecule has 1 N–H and O–H groups in total. The Kier molecular flexibility index (Phi) is 5.14.